The number of aromatic nitrogens is 4. The largest absolute Gasteiger partial charge is 0.508 e. The minimum atomic E-state index is -0.651. The van der Waals surface area contributed by atoms with Gasteiger partial charge in [-0.05, 0) is 97.3 Å². The van der Waals surface area contributed by atoms with Crippen molar-refractivity contribution in [2.45, 2.75) is 70.1 Å². The maximum absolute atomic E-state index is 17.3. The van der Waals surface area contributed by atoms with E-state index in [4.69, 9.17) is 19.4 Å². The van der Waals surface area contributed by atoms with E-state index in [1.54, 1.807) is 58.5 Å². The van der Waals surface area contributed by atoms with Crippen molar-refractivity contribution < 1.29 is 33.0 Å². The molecule has 0 spiro atoms. The molecule has 2 amide bonds. The topological polar surface area (TPSA) is 129 Å². The summed E-state index contributed by atoms with van der Waals surface area (Å²) in [5.41, 5.74) is 1.81. The first-order valence-corrected chi connectivity index (χ1v) is 19.6. The number of rotatable bonds is 9. The Morgan fingerprint density at radius 2 is 1.79 bits per heavy atom. The van der Waals surface area contributed by atoms with Crippen molar-refractivity contribution >= 4 is 39.5 Å². The number of aromatic hydroxyl groups is 1. The summed E-state index contributed by atoms with van der Waals surface area (Å²) in [7, 11) is 6.69. The van der Waals surface area contributed by atoms with E-state index in [9.17, 15) is 14.7 Å². The number of phenolic OH excluding ortho intramolecular Hbond substituents is 1. The number of carbonyl (C=O) groups is 2. The summed E-state index contributed by atoms with van der Waals surface area (Å²) in [6.07, 6.45) is 4.19. The van der Waals surface area contributed by atoms with E-state index in [0.717, 1.165) is 37.9 Å². The highest BCUT2D eigenvalue weighted by Crippen LogP contribution is 2.44. The number of carbonyl (C=O) groups excluding carboxylic acids is 2. The molecule has 0 aliphatic carbocycles. The predicted octanol–water partition coefficient (Wildman–Crippen LogP) is 6.38. The number of nitrogens with zero attached hydrogens (tertiary/aromatic N) is 8. The second-order valence-corrected chi connectivity index (χ2v) is 15.8. The second-order valence-electron chi connectivity index (χ2n) is 15.8. The predicted molar refractivity (Wildman–Crippen MR) is 212 cm³/mol. The summed E-state index contributed by atoms with van der Waals surface area (Å²) in [5, 5.41) is 16.9. The van der Waals surface area contributed by atoms with Gasteiger partial charge in [-0.25, -0.2) is 13.6 Å². The molecule has 2 aromatic heterocycles. The highest BCUT2D eigenvalue weighted by Gasteiger charge is 2.50. The molecule has 5 aromatic rings. The van der Waals surface area contributed by atoms with Crippen molar-refractivity contribution in [3.63, 3.8) is 0 Å². The molecule has 13 nitrogen and oxygen atoms in total. The van der Waals surface area contributed by atoms with Crippen molar-refractivity contribution in [3.05, 3.63) is 71.1 Å². The Bertz CT molecular complexity index is 2380. The maximum Gasteiger partial charge on any atom is 0.409 e. The SMILES string of the molecule is CCc1c(F)ccc2cc(O)cc(-c3ccc4c(N5CCCn6nc(C(=O)N(C)C)cc6C5)nc(OC[C@]56CCCN5[C@H](COC(=O)N(C)C)CC6)nc4c3F)c12. The molecule has 0 radical (unpaired) electrons. The van der Waals surface area contributed by atoms with Crippen molar-refractivity contribution in [1.82, 2.24) is 34.4 Å². The highest BCUT2D eigenvalue weighted by molar-refractivity contribution is 6.03. The summed E-state index contributed by atoms with van der Waals surface area (Å²) in [6.45, 7) is 4.73. The Morgan fingerprint density at radius 3 is 2.56 bits per heavy atom. The molecule has 8 rings (SSSR count). The molecule has 15 heteroatoms. The Hall–Kier alpha value is -5.57. The van der Waals surface area contributed by atoms with Gasteiger partial charge in [0.05, 0.1) is 17.8 Å². The van der Waals surface area contributed by atoms with Crippen molar-refractivity contribution in [3.8, 4) is 22.9 Å². The lowest BCUT2D eigenvalue weighted by atomic mass is 9.92. The van der Waals surface area contributed by atoms with Gasteiger partial charge in [0.1, 0.15) is 36.1 Å². The Labute approximate surface area is 329 Å². The van der Waals surface area contributed by atoms with Crippen LogP contribution in [0, 0.1) is 11.6 Å². The van der Waals surface area contributed by atoms with E-state index >= 15 is 8.78 Å². The summed E-state index contributed by atoms with van der Waals surface area (Å²) >= 11 is 0. The zero-order valence-electron chi connectivity index (χ0n) is 33.0. The lowest BCUT2D eigenvalue weighted by Gasteiger charge is -2.34. The smallest absolute Gasteiger partial charge is 0.409 e. The van der Waals surface area contributed by atoms with Crippen LogP contribution in [0.3, 0.4) is 0 Å². The van der Waals surface area contributed by atoms with Crippen molar-refractivity contribution in [2.75, 3.05) is 59.4 Å². The molecule has 3 aliphatic heterocycles. The first kappa shape index (κ1) is 38.3. The van der Waals surface area contributed by atoms with Crippen LogP contribution in [0.5, 0.6) is 11.8 Å². The number of benzene rings is 3. The molecule has 1 N–H and O–H groups in total. The highest BCUT2D eigenvalue weighted by atomic mass is 19.1. The van der Waals surface area contributed by atoms with Crippen LogP contribution in [0.2, 0.25) is 0 Å². The first-order chi connectivity index (χ1) is 27.4. The third-order valence-electron chi connectivity index (χ3n) is 11.8. The Balaban J connectivity index is 1.21. The van der Waals surface area contributed by atoms with Gasteiger partial charge in [-0.15, -0.1) is 0 Å². The molecule has 300 valence electrons. The number of ether oxygens (including phenoxy) is 2. The quantitative estimate of drug-likeness (QED) is 0.180. The molecule has 2 atom stereocenters. The van der Waals surface area contributed by atoms with Crippen LogP contribution in [-0.4, -0.2) is 118 Å². The molecular weight excluding hydrogens is 735 g/mol. The van der Waals surface area contributed by atoms with E-state index < -0.39 is 11.6 Å². The number of amides is 2. The number of phenols is 1. The monoisotopic (exact) mass is 782 g/mol. The van der Waals surface area contributed by atoms with Crippen LogP contribution in [0.15, 0.2) is 42.5 Å². The Morgan fingerprint density at radius 1 is 0.965 bits per heavy atom. The summed E-state index contributed by atoms with van der Waals surface area (Å²) in [6, 6.07) is 11.2. The summed E-state index contributed by atoms with van der Waals surface area (Å²) in [5.74, 6) is -0.854. The third kappa shape index (κ3) is 6.95. The van der Waals surface area contributed by atoms with Crippen LogP contribution in [0.25, 0.3) is 32.8 Å². The molecule has 3 aliphatic rings. The van der Waals surface area contributed by atoms with Gasteiger partial charge in [0.15, 0.2) is 11.5 Å². The molecule has 2 saturated heterocycles. The normalized spacial score (nSPS) is 19.4. The third-order valence-corrected chi connectivity index (χ3v) is 11.8. The van der Waals surface area contributed by atoms with Gasteiger partial charge in [0, 0.05) is 58.3 Å². The van der Waals surface area contributed by atoms with Crippen molar-refractivity contribution in [2.24, 2.45) is 0 Å². The molecular formula is C42H48F2N8O5. The van der Waals surface area contributed by atoms with Gasteiger partial charge < -0.3 is 29.3 Å². The Kier molecular flexibility index (Phi) is 10.1. The molecule has 0 unspecified atom stereocenters. The van der Waals surface area contributed by atoms with Crippen LogP contribution in [-0.2, 0) is 24.2 Å². The summed E-state index contributed by atoms with van der Waals surface area (Å²) < 4.78 is 46.5. The molecule has 0 saturated carbocycles. The van der Waals surface area contributed by atoms with E-state index in [-0.39, 0.29) is 59.6 Å². The molecule has 57 heavy (non-hydrogen) atoms. The maximum atomic E-state index is 17.3. The molecule has 0 bridgehead atoms. The van der Waals surface area contributed by atoms with Gasteiger partial charge in [-0.3, -0.25) is 14.4 Å². The zero-order chi connectivity index (χ0) is 40.2. The van der Waals surface area contributed by atoms with Gasteiger partial charge in [-0.2, -0.15) is 15.1 Å². The fraction of sp³-hybridized carbons (Fsp3) is 0.452. The standard InChI is InChI=1S/C42H48F2N8O5/c1-6-29-33(43)12-9-25-19-28(53)21-32(35(25)29)30-10-11-31-37(36(30)44)45-40(57-24-42-14-7-17-51(42)26(13-15-42)23-56-41(55)49(4)5)46-38(31)50-16-8-18-52-27(22-50)20-34(47-52)39(54)48(2)3/h9-12,19-21,26,53H,6-8,13-18,22-24H2,1-5H3/t26-,42+/m0/s1. The lowest BCUT2D eigenvalue weighted by molar-refractivity contribution is 0.0484. The molecule has 5 heterocycles. The fourth-order valence-corrected chi connectivity index (χ4v) is 8.96. The van der Waals surface area contributed by atoms with Gasteiger partial charge in [0.2, 0.25) is 0 Å². The second kappa shape index (κ2) is 15.1. The first-order valence-electron chi connectivity index (χ1n) is 19.6. The van der Waals surface area contributed by atoms with Crippen LogP contribution >= 0.6 is 0 Å². The molecule has 2 fully saturated rings. The minimum absolute atomic E-state index is 0.0135. The zero-order valence-corrected chi connectivity index (χ0v) is 33.0. The average Bonchev–Trinajstić information content (AvgIpc) is 3.85. The van der Waals surface area contributed by atoms with E-state index in [0.29, 0.717) is 71.3 Å². The van der Waals surface area contributed by atoms with Gasteiger partial charge in [-0.1, -0.05) is 19.1 Å². The van der Waals surface area contributed by atoms with Gasteiger partial charge in [0.25, 0.3) is 5.91 Å². The molecule has 3 aromatic carbocycles. The number of aryl methyl sites for hydroxylation is 2. The van der Waals surface area contributed by atoms with E-state index in [1.807, 2.05) is 16.5 Å². The lowest BCUT2D eigenvalue weighted by Crippen LogP contribution is -2.48. The van der Waals surface area contributed by atoms with Crippen LogP contribution in [0.1, 0.15) is 60.8 Å². The summed E-state index contributed by atoms with van der Waals surface area (Å²) in [4.78, 5) is 42.1. The number of halogens is 2. The average molecular weight is 783 g/mol. The van der Waals surface area contributed by atoms with Crippen LogP contribution in [0.4, 0.5) is 19.4 Å². The van der Waals surface area contributed by atoms with Crippen molar-refractivity contribution in [1.29, 1.82) is 0 Å². The fourth-order valence-electron chi connectivity index (χ4n) is 8.96. The number of hydrogen-bond donors (Lipinski definition) is 1. The van der Waals surface area contributed by atoms with Crippen LogP contribution < -0.4 is 9.64 Å². The number of hydrogen-bond acceptors (Lipinski definition) is 10. The van der Waals surface area contributed by atoms with E-state index in [1.165, 1.54) is 21.9 Å². The minimum Gasteiger partial charge on any atom is -0.508 e. The number of fused-ring (bicyclic) bond motifs is 4. The van der Waals surface area contributed by atoms with E-state index in [2.05, 4.69) is 10.00 Å². The van der Waals surface area contributed by atoms with Gasteiger partial charge >= 0.3 is 12.1 Å². The number of anilines is 1.